The number of rotatable bonds is 5. The van der Waals surface area contributed by atoms with Gasteiger partial charge in [-0.3, -0.25) is 9.89 Å². The van der Waals surface area contributed by atoms with Crippen LogP contribution in [0.15, 0.2) is 6.07 Å². The molecule has 0 aromatic carbocycles. The van der Waals surface area contributed by atoms with Gasteiger partial charge in [0.05, 0.1) is 6.54 Å². The van der Waals surface area contributed by atoms with E-state index in [0.717, 1.165) is 17.9 Å². The van der Waals surface area contributed by atoms with Gasteiger partial charge in [0.15, 0.2) is 5.82 Å². The fraction of sp³-hybridized carbons (Fsp3) is 0.538. The Labute approximate surface area is 117 Å². The van der Waals surface area contributed by atoms with E-state index in [1.54, 1.807) is 6.07 Å². The Hall–Kier alpha value is -2.18. The first kappa shape index (κ1) is 14.2. The number of aromatic nitrogens is 5. The standard InChI is InChI=1S/C13H20N6O/c1-8(2)5-10-6-11(17-16-10)13(20)14-7-12-18-15-9(3)19(12)4/h6,8H,5,7H2,1-4H3,(H,14,20)(H,16,17). The molecule has 0 saturated heterocycles. The van der Waals surface area contributed by atoms with E-state index in [1.165, 1.54) is 0 Å². The number of H-pyrrole nitrogens is 1. The molecule has 2 aromatic heterocycles. The monoisotopic (exact) mass is 276 g/mol. The Bertz CT molecular complexity index is 598. The van der Waals surface area contributed by atoms with Gasteiger partial charge >= 0.3 is 0 Å². The number of aryl methyl sites for hydroxylation is 1. The third kappa shape index (κ3) is 3.23. The van der Waals surface area contributed by atoms with E-state index in [2.05, 4.69) is 39.6 Å². The highest BCUT2D eigenvalue weighted by molar-refractivity contribution is 5.92. The first-order valence-electron chi connectivity index (χ1n) is 6.64. The quantitative estimate of drug-likeness (QED) is 0.852. The molecule has 7 nitrogen and oxygen atoms in total. The van der Waals surface area contributed by atoms with Crippen LogP contribution in [0.25, 0.3) is 0 Å². The zero-order valence-corrected chi connectivity index (χ0v) is 12.3. The zero-order valence-electron chi connectivity index (χ0n) is 12.3. The number of aromatic amines is 1. The first-order valence-corrected chi connectivity index (χ1v) is 6.64. The second-order valence-corrected chi connectivity index (χ2v) is 5.28. The van der Waals surface area contributed by atoms with Gasteiger partial charge in [0, 0.05) is 12.7 Å². The fourth-order valence-electron chi connectivity index (χ4n) is 1.88. The van der Waals surface area contributed by atoms with Crippen molar-refractivity contribution >= 4 is 5.91 Å². The van der Waals surface area contributed by atoms with Gasteiger partial charge in [-0.05, 0) is 25.3 Å². The lowest BCUT2D eigenvalue weighted by molar-refractivity contribution is 0.0944. The van der Waals surface area contributed by atoms with Crippen LogP contribution in [0, 0.1) is 12.8 Å². The normalized spacial score (nSPS) is 11.1. The Kier molecular flexibility index (Phi) is 4.16. The van der Waals surface area contributed by atoms with Crippen molar-refractivity contribution in [2.45, 2.75) is 33.7 Å². The predicted molar refractivity (Wildman–Crippen MR) is 74.0 cm³/mol. The predicted octanol–water partition coefficient (Wildman–Crippen LogP) is 0.975. The number of carbonyl (C=O) groups excluding carboxylic acids is 1. The summed E-state index contributed by atoms with van der Waals surface area (Å²) in [5.41, 5.74) is 1.37. The maximum atomic E-state index is 12.0. The van der Waals surface area contributed by atoms with Crippen LogP contribution in [0.2, 0.25) is 0 Å². The van der Waals surface area contributed by atoms with Crippen LogP contribution in [0.3, 0.4) is 0 Å². The summed E-state index contributed by atoms with van der Waals surface area (Å²) in [6, 6.07) is 1.79. The molecule has 2 N–H and O–H groups in total. The Morgan fingerprint density at radius 1 is 1.45 bits per heavy atom. The van der Waals surface area contributed by atoms with Crippen LogP contribution in [0.5, 0.6) is 0 Å². The molecule has 108 valence electrons. The van der Waals surface area contributed by atoms with Gasteiger partial charge in [-0.25, -0.2) is 0 Å². The van der Waals surface area contributed by atoms with Crippen molar-refractivity contribution in [2.24, 2.45) is 13.0 Å². The number of hydrogen-bond donors (Lipinski definition) is 2. The minimum atomic E-state index is -0.211. The third-order valence-corrected chi connectivity index (χ3v) is 3.08. The van der Waals surface area contributed by atoms with Gasteiger partial charge in [-0.2, -0.15) is 5.10 Å². The van der Waals surface area contributed by atoms with Gasteiger partial charge < -0.3 is 9.88 Å². The molecular formula is C13H20N6O. The average molecular weight is 276 g/mol. The van der Waals surface area contributed by atoms with E-state index in [4.69, 9.17) is 0 Å². The van der Waals surface area contributed by atoms with Gasteiger partial charge in [0.25, 0.3) is 5.91 Å². The summed E-state index contributed by atoms with van der Waals surface area (Å²) in [6.07, 6.45) is 0.878. The summed E-state index contributed by atoms with van der Waals surface area (Å²) in [4.78, 5) is 12.0. The molecule has 0 spiro atoms. The lowest BCUT2D eigenvalue weighted by Crippen LogP contribution is -2.24. The summed E-state index contributed by atoms with van der Waals surface area (Å²) in [5, 5.41) is 17.6. The SMILES string of the molecule is Cc1nnc(CNC(=O)c2cc(CC(C)C)[nH]n2)n1C. The third-order valence-electron chi connectivity index (χ3n) is 3.08. The van der Waals surface area contributed by atoms with Crippen molar-refractivity contribution in [2.75, 3.05) is 0 Å². The minimum absolute atomic E-state index is 0.211. The molecule has 0 radical (unpaired) electrons. The zero-order chi connectivity index (χ0) is 14.7. The van der Waals surface area contributed by atoms with Gasteiger partial charge in [0.2, 0.25) is 0 Å². The molecule has 0 fully saturated rings. The maximum Gasteiger partial charge on any atom is 0.272 e. The molecule has 2 heterocycles. The van der Waals surface area contributed by atoms with Gasteiger partial charge in [-0.15, -0.1) is 10.2 Å². The topological polar surface area (TPSA) is 88.5 Å². The molecule has 20 heavy (non-hydrogen) atoms. The second kappa shape index (κ2) is 5.85. The first-order chi connectivity index (χ1) is 9.47. The lowest BCUT2D eigenvalue weighted by atomic mass is 10.1. The van der Waals surface area contributed by atoms with Gasteiger partial charge in [0.1, 0.15) is 11.5 Å². The molecule has 2 aromatic rings. The van der Waals surface area contributed by atoms with E-state index < -0.39 is 0 Å². The second-order valence-electron chi connectivity index (χ2n) is 5.28. The van der Waals surface area contributed by atoms with Crippen LogP contribution < -0.4 is 5.32 Å². The van der Waals surface area contributed by atoms with E-state index in [1.807, 2.05) is 18.5 Å². The van der Waals surface area contributed by atoms with Crippen molar-refractivity contribution < 1.29 is 4.79 Å². The smallest absolute Gasteiger partial charge is 0.272 e. The number of nitrogens with zero attached hydrogens (tertiary/aromatic N) is 4. The summed E-state index contributed by atoms with van der Waals surface area (Å²) >= 11 is 0. The molecule has 0 atom stereocenters. The largest absolute Gasteiger partial charge is 0.343 e. The highest BCUT2D eigenvalue weighted by Crippen LogP contribution is 2.07. The van der Waals surface area contributed by atoms with Crippen LogP contribution in [-0.2, 0) is 20.0 Å². The molecule has 0 aliphatic carbocycles. The summed E-state index contributed by atoms with van der Waals surface area (Å²) in [7, 11) is 1.87. The van der Waals surface area contributed by atoms with Crippen LogP contribution in [0.4, 0.5) is 0 Å². The van der Waals surface area contributed by atoms with Crippen molar-refractivity contribution in [1.29, 1.82) is 0 Å². The molecule has 2 rings (SSSR count). The van der Waals surface area contributed by atoms with Crippen molar-refractivity contribution in [3.63, 3.8) is 0 Å². The summed E-state index contributed by atoms with van der Waals surface area (Å²) in [5.74, 6) is 1.84. The minimum Gasteiger partial charge on any atom is -0.343 e. The molecular weight excluding hydrogens is 256 g/mol. The highest BCUT2D eigenvalue weighted by atomic mass is 16.1. The Morgan fingerprint density at radius 3 is 2.80 bits per heavy atom. The summed E-state index contributed by atoms with van der Waals surface area (Å²) < 4.78 is 1.84. The Morgan fingerprint density at radius 2 is 2.20 bits per heavy atom. The van der Waals surface area contributed by atoms with Crippen LogP contribution >= 0.6 is 0 Å². The average Bonchev–Trinajstić information content (AvgIpc) is 2.96. The molecule has 0 unspecified atom stereocenters. The molecule has 1 amide bonds. The number of hydrogen-bond acceptors (Lipinski definition) is 4. The summed E-state index contributed by atoms with van der Waals surface area (Å²) in [6.45, 7) is 6.45. The van der Waals surface area contributed by atoms with Crippen LogP contribution in [-0.4, -0.2) is 30.9 Å². The fourth-order valence-corrected chi connectivity index (χ4v) is 1.88. The van der Waals surface area contributed by atoms with Crippen molar-refractivity contribution in [3.05, 3.63) is 29.1 Å². The van der Waals surface area contributed by atoms with Crippen molar-refractivity contribution in [3.8, 4) is 0 Å². The molecule has 7 heteroatoms. The maximum absolute atomic E-state index is 12.0. The number of amides is 1. The molecule has 0 saturated carbocycles. The number of nitrogens with one attached hydrogen (secondary N) is 2. The molecule has 0 bridgehead atoms. The number of carbonyl (C=O) groups is 1. The van der Waals surface area contributed by atoms with Crippen molar-refractivity contribution in [1.82, 2.24) is 30.3 Å². The van der Waals surface area contributed by atoms with Gasteiger partial charge in [-0.1, -0.05) is 13.8 Å². The van der Waals surface area contributed by atoms with E-state index in [-0.39, 0.29) is 5.91 Å². The van der Waals surface area contributed by atoms with Crippen LogP contribution in [0.1, 0.15) is 41.7 Å². The van der Waals surface area contributed by atoms with E-state index in [9.17, 15) is 4.79 Å². The Balaban J connectivity index is 1.95. The lowest BCUT2D eigenvalue weighted by Gasteiger charge is -2.03. The highest BCUT2D eigenvalue weighted by Gasteiger charge is 2.12. The van der Waals surface area contributed by atoms with E-state index >= 15 is 0 Å². The molecule has 0 aliphatic heterocycles. The molecule has 0 aliphatic rings. The van der Waals surface area contributed by atoms with E-state index in [0.29, 0.717) is 24.0 Å².